The monoisotopic (exact) mass is 258 g/mol. The van der Waals surface area contributed by atoms with Crippen molar-refractivity contribution in [3.63, 3.8) is 0 Å². The van der Waals surface area contributed by atoms with Crippen LogP contribution in [0.5, 0.6) is 0 Å². The van der Waals surface area contributed by atoms with Crippen LogP contribution in [0.25, 0.3) is 0 Å². The lowest BCUT2D eigenvalue weighted by Gasteiger charge is -2.27. The summed E-state index contributed by atoms with van der Waals surface area (Å²) in [6, 6.07) is 0.168. The number of rotatable bonds is 8. The van der Waals surface area contributed by atoms with Crippen molar-refractivity contribution in [2.75, 3.05) is 26.7 Å². The summed E-state index contributed by atoms with van der Waals surface area (Å²) in [6.45, 7) is 7.78. The van der Waals surface area contributed by atoms with Crippen LogP contribution in [0.4, 0.5) is 0 Å². The topological polar surface area (TPSA) is 78.7 Å². The van der Waals surface area contributed by atoms with Crippen molar-refractivity contribution < 1.29 is 9.59 Å². The summed E-state index contributed by atoms with van der Waals surface area (Å²) in [5.74, 6) is 4.96. The largest absolute Gasteiger partial charge is 0.342 e. The Hall–Kier alpha value is -1.14. The molecule has 2 amide bonds. The fourth-order valence-electron chi connectivity index (χ4n) is 1.68. The molecule has 106 valence electrons. The van der Waals surface area contributed by atoms with Crippen molar-refractivity contribution in [2.45, 2.75) is 39.7 Å². The van der Waals surface area contributed by atoms with Gasteiger partial charge >= 0.3 is 0 Å². The zero-order chi connectivity index (χ0) is 14.1. The summed E-state index contributed by atoms with van der Waals surface area (Å²) in [4.78, 5) is 26.7. The molecule has 0 aromatic heterocycles. The van der Waals surface area contributed by atoms with Crippen molar-refractivity contribution >= 4 is 11.8 Å². The average Bonchev–Trinajstić information content (AvgIpc) is 2.36. The molecule has 1 atom stereocenters. The minimum absolute atomic E-state index is 0.123. The Balaban J connectivity index is 4.10. The molecule has 0 saturated carbocycles. The molecular weight excluding hydrogens is 232 g/mol. The molecule has 0 aromatic carbocycles. The molecule has 0 spiro atoms. The highest BCUT2D eigenvalue weighted by Crippen LogP contribution is 2.05. The van der Waals surface area contributed by atoms with E-state index in [0.717, 1.165) is 13.1 Å². The van der Waals surface area contributed by atoms with Gasteiger partial charge in [-0.15, -0.1) is 0 Å². The molecule has 1 unspecified atom stereocenters. The third-order valence-electron chi connectivity index (χ3n) is 3.20. The fraction of sp³-hybridized carbons (Fsp3) is 0.833. The number of amides is 2. The van der Waals surface area contributed by atoms with E-state index in [2.05, 4.69) is 5.43 Å². The van der Waals surface area contributed by atoms with E-state index in [1.165, 1.54) is 0 Å². The molecular formula is C12H26N4O2. The number of carbonyl (C=O) groups excluding carboxylic acids is 2. The van der Waals surface area contributed by atoms with Crippen LogP contribution in [-0.2, 0) is 9.59 Å². The number of carbonyl (C=O) groups is 2. The molecule has 0 aromatic rings. The zero-order valence-corrected chi connectivity index (χ0v) is 11.9. The summed E-state index contributed by atoms with van der Waals surface area (Å²) in [5.41, 5.74) is 2.10. The molecule has 0 bridgehead atoms. The van der Waals surface area contributed by atoms with Gasteiger partial charge in [0.15, 0.2) is 0 Å². The van der Waals surface area contributed by atoms with Gasteiger partial charge in [0, 0.05) is 25.6 Å². The van der Waals surface area contributed by atoms with Gasteiger partial charge in [0.1, 0.15) is 0 Å². The van der Waals surface area contributed by atoms with Crippen LogP contribution in [0.1, 0.15) is 33.6 Å². The van der Waals surface area contributed by atoms with Crippen molar-refractivity contribution in [2.24, 2.45) is 5.84 Å². The second-order valence-electron chi connectivity index (χ2n) is 4.44. The lowest BCUT2D eigenvalue weighted by atomic mass is 10.1. The Morgan fingerprint density at radius 3 is 2.28 bits per heavy atom. The number of likely N-dealkylation sites (N-methyl/N-ethyl adjacent to an activating group) is 2. The number of hydrazine groups is 1. The highest BCUT2D eigenvalue weighted by molar-refractivity contribution is 5.78. The van der Waals surface area contributed by atoms with Crippen molar-refractivity contribution in [3.05, 3.63) is 0 Å². The molecule has 6 heteroatoms. The summed E-state index contributed by atoms with van der Waals surface area (Å²) >= 11 is 0. The zero-order valence-electron chi connectivity index (χ0n) is 11.9. The van der Waals surface area contributed by atoms with E-state index in [9.17, 15) is 9.59 Å². The summed E-state index contributed by atoms with van der Waals surface area (Å²) in [6.07, 6.45) is 1.06. The van der Waals surface area contributed by atoms with Crippen molar-refractivity contribution in [3.8, 4) is 0 Å². The van der Waals surface area contributed by atoms with E-state index >= 15 is 0 Å². The van der Waals surface area contributed by atoms with Crippen molar-refractivity contribution in [1.29, 1.82) is 0 Å². The quantitative estimate of drug-likeness (QED) is 0.363. The molecule has 0 saturated heterocycles. The smallest absolute Gasteiger partial charge is 0.236 e. The van der Waals surface area contributed by atoms with Gasteiger partial charge in [0.05, 0.1) is 6.54 Å². The number of nitrogens with zero attached hydrogens (tertiary/aromatic N) is 2. The minimum Gasteiger partial charge on any atom is -0.342 e. The number of hydrogen-bond donors (Lipinski definition) is 2. The van der Waals surface area contributed by atoms with Crippen LogP contribution in [0, 0.1) is 0 Å². The molecule has 0 fully saturated rings. The van der Waals surface area contributed by atoms with Crippen LogP contribution in [0.3, 0.4) is 0 Å². The maximum absolute atomic E-state index is 11.9. The molecule has 6 nitrogen and oxygen atoms in total. The first-order valence-electron chi connectivity index (χ1n) is 6.43. The van der Waals surface area contributed by atoms with Crippen molar-refractivity contribution in [1.82, 2.24) is 15.2 Å². The maximum atomic E-state index is 11.9. The average molecular weight is 258 g/mol. The Morgan fingerprint density at radius 2 is 1.83 bits per heavy atom. The van der Waals surface area contributed by atoms with Gasteiger partial charge in [0.25, 0.3) is 0 Å². The van der Waals surface area contributed by atoms with Crippen LogP contribution in [0.2, 0.25) is 0 Å². The van der Waals surface area contributed by atoms with Gasteiger partial charge in [-0.2, -0.15) is 0 Å². The number of hydrogen-bond acceptors (Lipinski definition) is 4. The first kappa shape index (κ1) is 16.9. The van der Waals surface area contributed by atoms with E-state index in [4.69, 9.17) is 5.84 Å². The van der Waals surface area contributed by atoms with E-state index in [1.807, 2.05) is 32.7 Å². The van der Waals surface area contributed by atoms with Crippen LogP contribution >= 0.6 is 0 Å². The van der Waals surface area contributed by atoms with Crippen LogP contribution in [-0.4, -0.2) is 54.3 Å². The Bertz CT molecular complexity index is 267. The van der Waals surface area contributed by atoms with Crippen LogP contribution < -0.4 is 11.3 Å². The van der Waals surface area contributed by atoms with Gasteiger partial charge in [0.2, 0.25) is 11.8 Å². The molecule has 0 rings (SSSR count). The van der Waals surface area contributed by atoms with Gasteiger partial charge in [-0.1, -0.05) is 0 Å². The molecule has 0 radical (unpaired) electrons. The second kappa shape index (κ2) is 8.88. The first-order valence-corrected chi connectivity index (χ1v) is 6.43. The van der Waals surface area contributed by atoms with E-state index in [-0.39, 0.29) is 17.9 Å². The number of nitrogens with two attached hydrogens (primary N) is 1. The summed E-state index contributed by atoms with van der Waals surface area (Å²) < 4.78 is 0. The SMILES string of the molecule is CCN(CC)C(=O)CN(C)C(C)CCC(=O)NN. The number of nitrogens with one attached hydrogen (secondary N) is 1. The second-order valence-corrected chi connectivity index (χ2v) is 4.44. The third kappa shape index (κ3) is 5.97. The lowest BCUT2D eigenvalue weighted by molar-refractivity contribution is -0.132. The summed E-state index contributed by atoms with van der Waals surface area (Å²) in [7, 11) is 1.90. The lowest BCUT2D eigenvalue weighted by Crippen LogP contribution is -2.42. The highest BCUT2D eigenvalue weighted by atomic mass is 16.2. The standard InChI is InChI=1S/C12H26N4O2/c1-5-16(6-2)12(18)9-15(4)10(3)7-8-11(17)14-13/h10H,5-9,13H2,1-4H3,(H,14,17). The molecule has 18 heavy (non-hydrogen) atoms. The Morgan fingerprint density at radius 1 is 1.28 bits per heavy atom. The van der Waals surface area contributed by atoms with E-state index < -0.39 is 0 Å². The first-order chi connectivity index (χ1) is 8.46. The Kier molecular flexibility index (Phi) is 8.32. The predicted molar refractivity (Wildman–Crippen MR) is 71.6 cm³/mol. The van der Waals surface area contributed by atoms with Gasteiger partial charge in [-0.3, -0.25) is 19.9 Å². The maximum Gasteiger partial charge on any atom is 0.236 e. The van der Waals surface area contributed by atoms with E-state index in [0.29, 0.717) is 19.4 Å². The minimum atomic E-state index is -0.176. The fourth-order valence-corrected chi connectivity index (χ4v) is 1.68. The molecule has 0 aliphatic carbocycles. The third-order valence-corrected chi connectivity index (χ3v) is 3.20. The highest BCUT2D eigenvalue weighted by Gasteiger charge is 2.17. The molecule has 0 aliphatic rings. The van der Waals surface area contributed by atoms with Gasteiger partial charge in [-0.05, 0) is 34.2 Å². The molecule has 3 N–H and O–H groups in total. The predicted octanol–water partition coefficient (Wildman–Crippen LogP) is -0.0548. The van der Waals surface area contributed by atoms with Crippen LogP contribution in [0.15, 0.2) is 0 Å². The van der Waals surface area contributed by atoms with Gasteiger partial charge < -0.3 is 4.90 Å². The molecule has 0 aliphatic heterocycles. The molecule has 0 heterocycles. The van der Waals surface area contributed by atoms with E-state index in [1.54, 1.807) is 4.90 Å². The normalized spacial score (nSPS) is 12.3. The Labute approximate surface area is 109 Å². The summed E-state index contributed by atoms with van der Waals surface area (Å²) in [5, 5.41) is 0. The van der Waals surface area contributed by atoms with Gasteiger partial charge in [-0.25, -0.2) is 5.84 Å².